The zero-order valence-corrected chi connectivity index (χ0v) is 14.7. The monoisotopic (exact) mass is 316 g/mol. The van der Waals surface area contributed by atoms with Gasteiger partial charge in [0.05, 0.1) is 0 Å². The molecule has 4 heteroatoms. The van der Waals surface area contributed by atoms with Crippen molar-refractivity contribution in [2.45, 2.75) is 53.0 Å². The predicted octanol–water partition coefficient (Wildman–Crippen LogP) is 2.85. The van der Waals surface area contributed by atoms with Gasteiger partial charge in [-0.25, -0.2) is 0 Å². The lowest BCUT2D eigenvalue weighted by Crippen LogP contribution is -2.54. The molecule has 2 N–H and O–H groups in total. The van der Waals surface area contributed by atoms with Crippen molar-refractivity contribution in [3.8, 4) is 0 Å². The number of Topliss-reactive ketones (excluding diaryl/α,β-unsaturated/α-hetero) is 1. The Morgan fingerprint density at radius 3 is 2.61 bits per heavy atom. The van der Waals surface area contributed by atoms with Crippen LogP contribution in [0.5, 0.6) is 0 Å². The maximum atomic E-state index is 12.4. The number of likely N-dealkylation sites (tertiary alicyclic amines) is 1. The summed E-state index contributed by atoms with van der Waals surface area (Å²) in [6.07, 6.45) is 1.37. The van der Waals surface area contributed by atoms with Crippen molar-refractivity contribution in [3.05, 3.63) is 34.9 Å². The summed E-state index contributed by atoms with van der Waals surface area (Å²) in [6, 6.07) is 5.99. The molecule has 1 unspecified atom stereocenters. The van der Waals surface area contributed by atoms with Crippen molar-refractivity contribution < 1.29 is 9.59 Å². The fourth-order valence-corrected chi connectivity index (χ4v) is 3.14. The highest BCUT2D eigenvalue weighted by Crippen LogP contribution is 2.28. The lowest BCUT2D eigenvalue weighted by molar-refractivity contribution is -0.134. The van der Waals surface area contributed by atoms with E-state index >= 15 is 0 Å². The zero-order valence-electron chi connectivity index (χ0n) is 14.7. The van der Waals surface area contributed by atoms with Gasteiger partial charge in [0.2, 0.25) is 5.91 Å². The van der Waals surface area contributed by atoms with E-state index in [4.69, 9.17) is 5.73 Å². The van der Waals surface area contributed by atoms with E-state index in [2.05, 4.69) is 13.8 Å². The lowest BCUT2D eigenvalue weighted by Gasteiger charge is -2.42. The topological polar surface area (TPSA) is 63.4 Å². The second-order valence-electron chi connectivity index (χ2n) is 7.44. The van der Waals surface area contributed by atoms with E-state index in [1.165, 1.54) is 0 Å². The third kappa shape index (κ3) is 4.20. The number of nitrogens with two attached hydrogens (primary N) is 1. The minimum absolute atomic E-state index is 0.0486. The van der Waals surface area contributed by atoms with Gasteiger partial charge in [0.25, 0.3) is 0 Å². The molecule has 0 aromatic heterocycles. The first-order chi connectivity index (χ1) is 10.7. The van der Waals surface area contributed by atoms with Crippen LogP contribution in [0.15, 0.2) is 18.2 Å². The summed E-state index contributed by atoms with van der Waals surface area (Å²) in [4.78, 5) is 26.7. The van der Waals surface area contributed by atoms with Gasteiger partial charge in [0, 0.05) is 37.5 Å². The van der Waals surface area contributed by atoms with E-state index in [-0.39, 0.29) is 36.0 Å². The second-order valence-corrected chi connectivity index (χ2v) is 7.44. The van der Waals surface area contributed by atoms with Gasteiger partial charge >= 0.3 is 0 Å². The van der Waals surface area contributed by atoms with Crippen LogP contribution in [-0.4, -0.2) is 35.7 Å². The van der Waals surface area contributed by atoms with E-state index in [9.17, 15) is 9.59 Å². The normalized spacial score (nSPS) is 20.4. The first-order valence-electron chi connectivity index (χ1n) is 8.34. The van der Waals surface area contributed by atoms with Gasteiger partial charge in [-0.15, -0.1) is 0 Å². The maximum Gasteiger partial charge on any atom is 0.223 e. The summed E-state index contributed by atoms with van der Waals surface area (Å²) < 4.78 is 0. The Hall–Kier alpha value is -1.68. The molecule has 1 saturated heterocycles. The van der Waals surface area contributed by atoms with Crippen LogP contribution in [0.25, 0.3) is 0 Å². The minimum atomic E-state index is -0.0644. The van der Waals surface area contributed by atoms with Crippen molar-refractivity contribution in [2.24, 2.45) is 11.1 Å². The molecule has 1 aromatic carbocycles. The molecule has 1 heterocycles. The first-order valence-corrected chi connectivity index (χ1v) is 8.34. The molecule has 1 aliphatic heterocycles. The van der Waals surface area contributed by atoms with Gasteiger partial charge in [-0.2, -0.15) is 0 Å². The van der Waals surface area contributed by atoms with E-state index in [1.807, 2.05) is 36.9 Å². The number of benzene rings is 1. The molecule has 0 saturated carbocycles. The highest BCUT2D eigenvalue weighted by Gasteiger charge is 2.35. The number of hydrogen-bond acceptors (Lipinski definition) is 3. The number of carbonyl (C=O) groups excluding carboxylic acids is 2. The molecule has 1 fully saturated rings. The molecule has 1 atom stereocenters. The number of aryl methyl sites for hydroxylation is 2. The summed E-state index contributed by atoms with van der Waals surface area (Å²) in [7, 11) is 0. The predicted molar refractivity (Wildman–Crippen MR) is 92.4 cm³/mol. The van der Waals surface area contributed by atoms with Gasteiger partial charge in [-0.3, -0.25) is 9.59 Å². The summed E-state index contributed by atoms with van der Waals surface area (Å²) in [5, 5.41) is 0. The Balaban J connectivity index is 1.94. The van der Waals surface area contributed by atoms with E-state index in [0.717, 1.165) is 23.1 Å². The molecular weight excluding hydrogens is 288 g/mol. The average Bonchev–Trinajstić information content (AvgIpc) is 2.49. The van der Waals surface area contributed by atoms with Crippen LogP contribution in [0.2, 0.25) is 0 Å². The van der Waals surface area contributed by atoms with Crippen LogP contribution >= 0.6 is 0 Å². The van der Waals surface area contributed by atoms with Crippen LogP contribution in [0, 0.1) is 19.3 Å². The fourth-order valence-electron chi connectivity index (χ4n) is 3.14. The highest BCUT2D eigenvalue weighted by molar-refractivity contribution is 5.99. The number of hydrogen-bond donors (Lipinski definition) is 1. The van der Waals surface area contributed by atoms with Crippen molar-refractivity contribution in [3.63, 3.8) is 0 Å². The third-order valence-corrected chi connectivity index (χ3v) is 4.92. The van der Waals surface area contributed by atoms with Crippen molar-refractivity contribution in [2.75, 3.05) is 13.1 Å². The summed E-state index contributed by atoms with van der Waals surface area (Å²) in [5.74, 6) is 0.108. The largest absolute Gasteiger partial charge is 0.342 e. The average molecular weight is 316 g/mol. The number of nitrogens with zero attached hydrogens (tertiary/aromatic N) is 1. The lowest BCUT2D eigenvalue weighted by atomic mass is 9.79. The maximum absolute atomic E-state index is 12.4. The summed E-state index contributed by atoms with van der Waals surface area (Å²) >= 11 is 0. The Bertz CT molecular complexity index is 607. The highest BCUT2D eigenvalue weighted by atomic mass is 16.2. The third-order valence-electron chi connectivity index (χ3n) is 4.92. The van der Waals surface area contributed by atoms with Crippen LogP contribution in [0.4, 0.5) is 0 Å². The molecule has 1 aliphatic rings. The molecule has 0 bridgehead atoms. The quantitative estimate of drug-likeness (QED) is 0.869. The molecule has 1 amide bonds. The van der Waals surface area contributed by atoms with Crippen LogP contribution < -0.4 is 5.73 Å². The molecule has 0 radical (unpaired) electrons. The van der Waals surface area contributed by atoms with Gasteiger partial charge < -0.3 is 10.6 Å². The molecular formula is C19H28N2O2. The molecule has 4 nitrogen and oxygen atoms in total. The van der Waals surface area contributed by atoms with E-state index in [1.54, 1.807) is 0 Å². The van der Waals surface area contributed by atoms with Crippen LogP contribution in [0.1, 0.15) is 54.6 Å². The van der Waals surface area contributed by atoms with Crippen molar-refractivity contribution >= 4 is 11.7 Å². The molecule has 126 valence electrons. The Morgan fingerprint density at radius 2 is 1.96 bits per heavy atom. The molecule has 0 aliphatic carbocycles. The number of amides is 1. The van der Waals surface area contributed by atoms with Gasteiger partial charge in [-0.05, 0) is 37.3 Å². The van der Waals surface area contributed by atoms with Gasteiger partial charge in [-0.1, -0.05) is 31.5 Å². The molecule has 2 rings (SSSR count). The standard InChI is InChI=1S/C19H28N2O2/c1-13-5-6-14(2)15(11-13)16(22)7-8-18(23)21-10-9-17(20)19(3,4)12-21/h5-6,11,17H,7-10,12,20H2,1-4H3. The Labute approximate surface area is 139 Å². The number of carbonyl (C=O) groups is 2. The van der Waals surface area contributed by atoms with Crippen LogP contribution in [-0.2, 0) is 4.79 Å². The number of rotatable bonds is 4. The van der Waals surface area contributed by atoms with Crippen molar-refractivity contribution in [1.82, 2.24) is 4.90 Å². The zero-order chi connectivity index (χ0) is 17.2. The molecule has 0 spiro atoms. The number of ketones is 1. The molecule has 1 aromatic rings. The van der Waals surface area contributed by atoms with Gasteiger partial charge in [0.15, 0.2) is 5.78 Å². The minimum Gasteiger partial charge on any atom is -0.342 e. The molecule has 23 heavy (non-hydrogen) atoms. The van der Waals surface area contributed by atoms with E-state index < -0.39 is 0 Å². The summed E-state index contributed by atoms with van der Waals surface area (Å²) in [5.41, 5.74) is 8.82. The van der Waals surface area contributed by atoms with Crippen molar-refractivity contribution in [1.29, 1.82) is 0 Å². The Morgan fingerprint density at radius 1 is 1.26 bits per heavy atom. The summed E-state index contributed by atoms with van der Waals surface area (Å²) in [6.45, 7) is 9.46. The van der Waals surface area contributed by atoms with Crippen LogP contribution in [0.3, 0.4) is 0 Å². The SMILES string of the molecule is Cc1ccc(C)c(C(=O)CCC(=O)N2CCC(N)C(C)(C)C2)c1. The first kappa shape index (κ1) is 17.7. The van der Waals surface area contributed by atoms with E-state index in [0.29, 0.717) is 13.1 Å². The van der Waals surface area contributed by atoms with Gasteiger partial charge in [0.1, 0.15) is 0 Å². The second kappa shape index (κ2) is 6.83. The fraction of sp³-hybridized carbons (Fsp3) is 0.579. The number of piperidine rings is 1. The smallest absolute Gasteiger partial charge is 0.223 e. The Kier molecular flexibility index (Phi) is 5.25.